The van der Waals surface area contributed by atoms with E-state index in [0.29, 0.717) is 12.3 Å². The van der Waals surface area contributed by atoms with Gasteiger partial charge in [0.15, 0.2) is 0 Å². The van der Waals surface area contributed by atoms with Crippen LogP contribution in [0, 0.1) is 0 Å². The molecule has 2 N–H and O–H groups in total. The Hall–Kier alpha value is -0.120. The van der Waals surface area contributed by atoms with Crippen LogP contribution in [0.15, 0.2) is 0 Å². The summed E-state index contributed by atoms with van der Waals surface area (Å²) in [6, 6.07) is 0. The van der Waals surface area contributed by atoms with Gasteiger partial charge in [-0.25, -0.2) is 10.4 Å². The number of hydrogen-bond acceptors (Lipinski definition) is 3. The average Bonchev–Trinajstić information content (AvgIpc) is 2.86. The van der Waals surface area contributed by atoms with E-state index in [1.54, 1.807) is 0 Å². The van der Waals surface area contributed by atoms with Gasteiger partial charge in [-0.2, -0.15) is 0 Å². The van der Waals surface area contributed by atoms with Crippen LogP contribution in [0.4, 0.5) is 0 Å². The second kappa shape index (κ2) is 9.75. The quantitative estimate of drug-likeness (QED) is 0.686. The molecule has 0 saturated carbocycles. The first-order chi connectivity index (χ1) is 9.90. The summed E-state index contributed by atoms with van der Waals surface area (Å²) in [4.78, 5) is 0. The summed E-state index contributed by atoms with van der Waals surface area (Å²) in [6.07, 6.45) is 19.1. The lowest BCUT2D eigenvalue weighted by Crippen LogP contribution is -2.40. The summed E-state index contributed by atoms with van der Waals surface area (Å²) in [5, 5.41) is 6.30. The van der Waals surface area contributed by atoms with Gasteiger partial charge >= 0.3 is 0 Å². The van der Waals surface area contributed by atoms with Crippen LogP contribution in [0.3, 0.4) is 0 Å². The van der Waals surface area contributed by atoms with Gasteiger partial charge in [-0.15, -0.1) is 0 Å². The number of nitrogens with zero attached hydrogens (tertiary/aromatic N) is 1. The van der Waals surface area contributed by atoms with E-state index >= 15 is 0 Å². The molecule has 0 radical (unpaired) electrons. The monoisotopic (exact) mass is 281 g/mol. The van der Waals surface area contributed by atoms with Crippen LogP contribution in [0.2, 0.25) is 0 Å². The smallest absolute Gasteiger partial charge is 0.0745 e. The van der Waals surface area contributed by atoms with Crippen molar-refractivity contribution < 1.29 is 0 Å². The van der Waals surface area contributed by atoms with Crippen LogP contribution in [-0.4, -0.2) is 23.9 Å². The zero-order chi connectivity index (χ0) is 14.0. The predicted molar refractivity (Wildman–Crippen MR) is 86.2 cm³/mol. The number of nitrogens with one attached hydrogen (secondary N) is 2. The maximum absolute atomic E-state index is 3.81. The summed E-state index contributed by atoms with van der Waals surface area (Å²) < 4.78 is 0. The highest BCUT2D eigenvalue weighted by Crippen LogP contribution is 2.19. The molecular formula is C17H35N3. The first-order valence-electron chi connectivity index (χ1n) is 9.19. The molecule has 2 heterocycles. The van der Waals surface area contributed by atoms with Crippen molar-refractivity contribution in [3.63, 3.8) is 0 Å². The number of unbranched alkanes of at least 4 members (excludes halogenated alkanes) is 5. The number of fused-ring (bicyclic) bond motifs is 1. The molecule has 0 aromatic heterocycles. The topological polar surface area (TPSA) is 27.3 Å². The van der Waals surface area contributed by atoms with E-state index in [-0.39, 0.29) is 0 Å². The van der Waals surface area contributed by atoms with Gasteiger partial charge in [0.2, 0.25) is 0 Å². The molecule has 3 heteroatoms. The van der Waals surface area contributed by atoms with Crippen molar-refractivity contribution in [1.82, 2.24) is 15.8 Å². The molecule has 2 saturated heterocycles. The molecule has 2 rings (SSSR count). The molecular weight excluding hydrogens is 246 g/mol. The van der Waals surface area contributed by atoms with Crippen molar-refractivity contribution in [3.8, 4) is 0 Å². The molecule has 20 heavy (non-hydrogen) atoms. The Labute approximate surface area is 125 Å². The fourth-order valence-corrected chi connectivity index (χ4v) is 3.54. The zero-order valence-corrected chi connectivity index (χ0v) is 13.5. The normalized spacial score (nSPS) is 28.6. The van der Waals surface area contributed by atoms with Gasteiger partial charge in [-0.1, -0.05) is 71.1 Å². The summed E-state index contributed by atoms with van der Waals surface area (Å²) in [6.45, 7) is 3.51. The lowest BCUT2D eigenvalue weighted by Gasteiger charge is -2.21. The highest BCUT2D eigenvalue weighted by atomic mass is 15.6. The highest BCUT2D eigenvalue weighted by molar-refractivity contribution is 4.80. The van der Waals surface area contributed by atoms with E-state index < -0.39 is 0 Å². The predicted octanol–water partition coefficient (Wildman–Crippen LogP) is 4.15. The lowest BCUT2D eigenvalue weighted by molar-refractivity contribution is 0.165. The van der Waals surface area contributed by atoms with E-state index in [1.165, 1.54) is 90.0 Å². The van der Waals surface area contributed by atoms with Crippen molar-refractivity contribution in [3.05, 3.63) is 0 Å². The van der Waals surface area contributed by atoms with Gasteiger partial charge in [0.1, 0.15) is 0 Å². The number of hydrogen-bond donors (Lipinski definition) is 2. The Bertz CT molecular complexity index is 228. The van der Waals surface area contributed by atoms with Gasteiger partial charge < -0.3 is 0 Å². The number of rotatable bonds is 7. The third kappa shape index (κ3) is 5.71. The summed E-state index contributed by atoms with van der Waals surface area (Å²) in [5.74, 6) is 0. The van der Waals surface area contributed by atoms with Crippen LogP contribution < -0.4 is 10.7 Å². The van der Waals surface area contributed by atoms with Crippen LogP contribution in [0.25, 0.3) is 0 Å². The van der Waals surface area contributed by atoms with E-state index in [0.717, 1.165) is 0 Å². The van der Waals surface area contributed by atoms with Crippen LogP contribution >= 0.6 is 0 Å². The van der Waals surface area contributed by atoms with Crippen molar-refractivity contribution >= 4 is 0 Å². The molecule has 0 amide bonds. The van der Waals surface area contributed by atoms with Gasteiger partial charge in [0, 0.05) is 6.54 Å². The second-order valence-corrected chi connectivity index (χ2v) is 6.67. The Morgan fingerprint density at radius 3 is 2.55 bits per heavy atom. The largest absolute Gasteiger partial charge is 0.284 e. The zero-order valence-electron chi connectivity index (χ0n) is 13.5. The molecule has 0 spiro atoms. The van der Waals surface area contributed by atoms with Gasteiger partial charge in [0.25, 0.3) is 0 Å². The Kier molecular flexibility index (Phi) is 7.92. The third-order valence-electron chi connectivity index (χ3n) is 4.81. The lowest BCUT2D eigenvalue weighted by atomic mass is 10.1. The van der Waals surface area contributed by atoms with E-state index in [2.05, 4.69) is 22.7 Å². The van der Waals surface area contributed by atoms with Crippen LogP contribution in [0.5, 0.6) is 0 Å². The first kappa shape index (κ1) is 16.3. The fourth-order valence-electron chi connectivity index (χ4n) is 3.54. The van der Waals surface area contributed by atoms with E-state index in [4.69, 9.17) is 0 Å². The Morgan fingerprint density at radius 1 is 0.900 bits per heavy atom. The van der Waals surface area contributed by atoms with Gasteiger partial charge in [0.05, 0.1) is 12.3 Å². The van der Waals surface area contributed by atoms with Crippen molar-refractivity contribution in [2.75, 3.05) is 6.54 Å². The van der Waals surface area contributed by atoms with Crippen molar-refractivity contribution in [2.24, 2.45) is 0 Å². The molecule has 2 fully saturated rings. The summed E-state index contributed by atoms with van der Waals surface area (Å²) in [5.41, 5.74) is 3.71. The molecule has 3 nitrogen and oxygen atoms in total. The van der Waals surface area contributed by atoms with E-state index in [1.807, 2.05) is 0 Å². The standard InChI is InChI=1S/C17H35N3/c1-2-3-4-5-7-10-13-16-18-17-14-11-8-6-9-12-15-20(17)19-16/h16-19H,2-15H2,1H3. The minimum Gasteiger partial charge on any atom is -0.284 e. The molecule has 118 valence electrons. The second-order valence-electron chi connectivity index (χ2n) is 6.67. The average molecular weight is 281 g/mol. The molecule has 2 unspecified atom stereocenters. The first-order valence-corrected chi connectivity index (χ1v) is 9.19. The number of hydrazine groups is 1. The maximum Gasteiger partial charge on any atom is 0.0745 e. The SMILES string of the molecule is CCCCCCCCC1NC2CCCCCCCN2N1. The minimum atomic E-state index is 0.533. The fraction of sp³-hybridized carbons (Fsp3) is 1.00. The van der Waals surface area contributed by atoms with Crippen LogP contribution in [-0.2, 0) is 0 Å². The molecule has 2 aliphatic heterocycles. The van der Waals surface area contributed by atoms with Crippen molar-refractivity contribution in [2.45, 2.75) is 103 Å². The maximum atomic E-state index is 3.81. The third-order valence-corrected chi connectivity index (χ3v) is 4.81. The molecule has 2 atom stereocenters. The van der Waals surface area contributed by atoms with E-state index in [9.17, 15) is 0 Å². The summed E-state index contributed by atoms with van der Waals surface area (Å²) in [7, 11) is 0. The van der Waals surface area contributed by atoms with Gasteiger partial charge in [-0.05, 0) is 19.3 Å². The minimum absolute atomic E-state index is 0.533. The Balaban J connectivity index is 1.60. The summed E-state index contributed by atoms with van der Waals surface area (Å²) >= 11 is 0. The molecule has 0 bridgehead atoms. The Morgan fingerprint density at radius 2 is 1.65 bits per heavy atom. The highest BCUT2D eigenvalue weighted by Gasteiger charge is 2.29. The van der Waals surface area contributed by atoms with Crippen LogP contribution in [0.1, 0.15) is 90.4 Å². The van der Waals surface area contributed by atoms with Crippen molar-refractivity contribution in [1.29, 1.82) is 0 Å². The molecule has 0 aromatic rings. The molecule has 0 aromatic carbocycles. The van der Waals surface area contributed by atoms with Gasteiger partial charge in [-0.3, -0.25) is 5.32 Å². The molecule has 2 aliphatic rings. The molecule has 0 aliphatic carbocycles.